The van der Waals surface area contributed by atoms with Crippen LogP contribution < -0.4 is 16.0 Å². The standard InChI is InChI=1S/C19H38N4O3.HI/c1-8-20-16(22-13-19(7)10-9-11-25-19)21-12-15(14(2)3)23-17(24)26-18(4,5)6;/h14-15H,8-13H2,1-7H3,(H,23,24)(H2,20,21,22);1H. The molecule has 7 nitrogen and oxygen atoms in total. The highest BCUT2D eigenvalue weighted by molar-refractivity contribution is 14.0. The Balaban J connectivity index is 0.00000676. The predicted octanol–water partition coefficient (Wildman–Crippen LogP) is 3.28. The molecule has 3 N–H and O–H groups in total. The fraction of sp³-hybridized carbons (Fsp3) is 0.895. The molecule has 0 radical (unpaired) electrons. The van der Waals surface area contributed by atoms with Crippen LogP contribution in [0.2, 0.25) is 0 Å². The van der Waals surface area contributed by atoms with Gasteiger partial charge in [-0.15, -0.1) is 24.0 Å². The molecule has 8 heteroatoms. The number of halogens is 1. The van der Waals surface area contributed by atoms with E-state index in [2.05, 4.69) is 41.7 Å². The molecule has 2 unspecified atom stereocenters. The topological polar surface area (TPSA) is 84.0 Å². The molecule has 0 saturated carbocycles. The molecule has 27 heavy (non-hydrogen) atoms. The van der Waals surface area contributed by atoms with Crippen molar-refractivity contribution in [3.05, 3.63) is 0 Å². The van der Waals surface area contributed by atoms with Gasteiger partial charge in [0.05, 0.1) is 18.2 Å². The Morgan fingerprint density at radius 3 is 2.44 bits per heavy atom. The molecule has 2 atom stereocenters. The summed E-state index contributed by atoms with van der Waals surface area (Å²) in [4.78, 5) is 16.7. The Morgan fingerprint density at radius 2 is 1.96 bits per heavy atom. The van der Waals surface area contributed by atoms with Crippen molar-refractivity contribution in [1.29, 1.82) is 0 Å². The summed E-state index contributed by atoms with van der Waals surface area (Å²) < 4.78 is 11.2. The molecule has 0 spiro atoms. The Bertz CT molecular complexity index is 472. The molecular formula is C19H39IN4O3. The van der Waals surface area contributed by atoms with E-state index in [1.165, 1.54) is 0 Å². The van der Waals surface area contributed by atoms with E-state index in [1.54, 1.807) is 0 Å². The summed E-state index contributed by atoms with van der Waals surface area (Å²) in [6, 6.07) is -0.0629. The normalized spacial score (nSPS) is 21.4. The zero-order valence-electron chi connectivity index (χ0n) is 18.0. The van der Waals surface area contributed by atoms with Crippen LogP contribution in [-0.2, 0) is 9.47 Å². The molecule has 0 bridgehead atoms. The van der Waals surface area contributed by atoms with Gasteiger partial charge in [-0.25, -0.2) is 4.79 Å². The van der Waals surface area contributed by atoms with Crippen LogP contribution in [0.25, 0.3) is 0 Å². The number of aliphatic imine (C=N–C) groups is 1. The number of hydrogen-bond donors (Lipinski definition) is 3. The van der Waals surface area contributed by atoms with E-state index in [0.717, 1.165) is 32.0 Å². The fourth-order valence-electron chi connectivity index (χ4n) is 2.67. The Hall–Kier alpha value is -0.770. The first-order chi connectivity index (χ1) is 12.0. The SMILES string of the molecule is CCNC(=NCC1(C)CCCO1)NCC(NC(=O)OC(C)(C)C)C(C)C.I. The average Bonchev–Trinajstić information content (AvgIpc) is 2.93. The van der Waals surface area contributed by atoms with E-state index in [4.69, 9.17) is 9.47 Å². The third kappa shape index (κ3) is 11.0. The molecule has 0 aromatic rings. The number of ether oxygens (including phenoxy) is 2. The van der Waals surface area contributed by atoms with Gasteiger partial charge in [0.15, 0.2) is 5.96 Å². The minimum absolute atomic E-state index is 0. The molecule has 1 fully saturated rings. The maximum absolute atomic E-state index is 12.1. The number of rotatable bonds is 7. The average molecular weight is 498 g/mol. The molecular weight excluding hydrogens is 459 g/mol. The Labute approximate surface area is 181 Å². The van der Waals surface area contributed by atoms with Gasteiger partial charge >= 0.3 is 6.09 Å². The second-order valence-corrected chi connectivity index (χ2v) is 8.47. The Kier molecular flexibility index (Phi) is 11.6. The lowest BCUT2D eigenvalue weighted by atomic mass is 10.0. The number of nitrogens with one attached hydrogen (secondary N) is 3. The van der Waals surface area contributed by atoms with Gasteiger partial charge in [-0.05, 0) is 53.4 Å². The maximum atomic E-state index is 12.1. The van der Waals surface area contributed by atoms with Crippen LogP contribution in [0.4, 0.5) is 4.79 Å². The molecule has 0 aromatic heterocycles. The number of carbonyl (C=O) groups is 1. The summed E-state index contributed by atoms with van der Waals surface area (Å²) in [5.41, 5.74) is -0.680. The van der Waals surface area contributed by atoms with Gasteiger partial charge in [-0.2, -0.15) is 0 Å². The van der Waals surface area contributed by atoms with Crippen molar-refractivity contribution in [3.63, 3.8) is 0 Å². The summed E-state index contributed by atoms with van der Waals surface area (Å²) in [6.07, 6.45) is 1.72. The van der Waals surface area contributed by atoms with E-state index in [-0.39, 0.29) is 41.5 Å². The van der Waals surface area contributed by atoms with E-state index >= 15 is 0 Å². The summed E-state index contributed by atoms with van der Waals surface area (Å²) in [5, 5.41) is 9.52. The third-order valence-corrected chi connectivity index (χ3v) is 4.21. The van der Waals surface area contributed by atoms with Crippen LogP contribution in [0.3, 0.4) is 0 Å². The number of amides is 1. The number of nitrogens with zero attached hydrogens (tertiary/aromatic N) is 1. The minimum Gasteiger partial charge on any atom is -0.444 e. The predicted molar refractivity (Wildman–Crippen MR) is 121 cm³/mol. The van der Waals surface area contributed by atoms with E-state index in [1.807, 2.05) is 27.7 Å². The molecule has 0 aromatic carbocycles. The van der Waals surface area contributed by atoms with Crippen molar-refractivity contribution < 1.29 is 14.3 Å². The molecule has 1 aliphatic heterocycles. The van der Waals surface area contributed by atoms with E-state index in [9.17, 15) is 4.79 Å². The van der Waals surface area contributed by atoms with Crippen LogP contribution in [0.5, 0.6) is 0 Å². The van der Waals surface area contributed by atoms with Crippen molar-refractivity contribution in [1.82, 2.24) is 16.0 Å². The molecule has 0 aliphatic carbocycles. The van der Waals surface area contributed by atoms with Crippen molar-refractivity contribution in [3.8, 4) is 0 Å². The largest absolute Gasteiger partial charge is 0.444 e. The van der Waals surface area contributed by atoms with Crippen molar-refractivity contribution in [2.75, 3.05) is 26.2 Å². The van der Waals surface area contributed by atoms with E-state index < -0.39 is 11.7 Å². The quantitative estimate of drug-likeness (QED) is 0.285. The molecule has 1 amide bonds. The lowest BCUT2D eigenvalue weighted by Crippen LogP contribution is -2.50. The smallest absolute Gasteiger partial charge is 0.407 e. The Morgan fingerprint density at radius 1 is 1.30 bits per heavy atom. The molecule has 1 rings (SSSR count). The highest BCUT2D eigenvalue weighted by Gasteiger charge is 2.29. The van der Waals surface area contributed by atoms with Crippen LogP contribution in [0.1, 0.15) is 61.3 Å². The number of alkyl carbamates (subject to hydrolysis) is 1. The maximum Gasteiger partial charge on any atom is 0.407 e. The van der Waals surface area contributed by atoms with Crippen molar-refractivity contribution in [2.24, 2.45) is 10.9 Å². The zero-order valence-corrected chi connectivity index (χ0v) is 20.3. The summed E-state index contributed by atoms with van der Waals surface area (Å²) in [6.45, 7) is 16.6. The van der Waals surface area contributed by atoms with Gasteiger partial charge in [0.2, 0.25) is 0 Å². The number of hydrogen-bond acceptors (Lipinski definition) is 4. The first-order valence-electron chi connectivity index (χ1n) is 9.70. The molecule has 160 valence electrons. The molecule has 1 saturated heterocycles. The van der Waals surface area contributed by atoms with E-state index in [0.29, 0.717) is 13.1 Å². The third-order valence-electron chi connectivity index (χ3n) is 4.21. The van der Waals surface area contributed by atoms with Gasteiger partial charge in [-0.3, -0.25) is 4.99 Å². The van der Waals surface area contributed by atoms with Crippen molar-refractivity contribution >= 4 is 36.0 Å². The molecule has 1 heterocycles. The fourth-order valence-corrected chi connectivity index (χ4v) is 2.67. The first kappa shape index (κ1) is 26.2. The molecule has 1 aliphatic rings. The lowest BCUT2D eigenvalue weighted by Gasteiger charge is -2.27. The summed E-state index contributed by atoms with van der Waals surface area (Å²) >= 11 is 0. The van der Waals surface area contributed by atoms with Crippen LogP contribution in [0, 0.1) is 5.92 Å². The highest BCUT2D eigenvalue weighted by Crippen LogP contribution is 2.24. The second kappa shape index (κ2) is 11.9. The zero-order chi connectivity index (χ0) is 19.8. The minimum atomic E-state index is -0.508. The highest BCUT2D eigenvalue weighted by atomic mass is 127. The number of carbonyl (C=O) groups excluding carboxylic acids is 1. The van der Waals surface area contributed by atoms with Gasteiger partial charge in [0.1, 0.15) is 5.60 Å². The van der Waals surface area contributed by atoms with Crippen molar-refractivity contribution in [2.45, 2.75) is 78.6 Å². The van der Waals surface area contributed by atoms with Crippen LogP contribution >= 0.6 is 24.0 Å². The van der Waals surface area contributed by atoms with Gasteiger partial charge in [-0.1, -0.05) is 13.8 Å². The van der Waals surface area contributed by atoms with Crippen LogP contribution in [-0.4, -0.2) is 55.5 Å². The lowest BCUT2D eigenvalue weighted by molar-refractivity contribution is 0.0283. The number of guanidine groups is 1. The van der Waals surface area contributed by atoms with Gasteiger partial charge < -0.3 is 25.4 Å². The van der Waals surface area contributed by atoms with Gasteiger partial charge in [0, 0.05) is 19.7 Å². The van der Waals surface area contributed by atoms with Gasteiger partial charge in [0.25, 0.3) is 0 Å². The summed E-state index contributed by atoms with van der Waals surface area (Å²) in [7, 11) is 0. The monoisotopic (exact) mass is 498 g/mol. The van der Waals surface area contributed by atoms with Crippen LogP contribution in [0.15, 0.2) is 4.99 Å². The first-order valence-corrected chi connectivity index (χ1v) is 9.70. The summed E-state index contributed by atoms with van der Waals surface area (Å²) in [5.74, 6) is 0.995. The second-order valence-electron chi connectivity index (χ2n) is 8.47.